The number of ether oxygens (including phenoxy) is 2. The molecule has 0 heterocycles. The molecule has 10 aliphatic rings. The molecule has 0 saturated heterocycles. The first-order chi connectivity index (χ1) is 13.6. The monoisotopic (exact) mass is 376 g/mol. The number of methoxy groups -OCH3 is 2. The molecule has 10 rings (SSSR count). The van der Waals surface area contributed by atoms with Gasteiger partial charge in [-0.05, 0) is 49.4 Å². The molecule has 4 fully saturated rings. The lowest BCUT2D eigenvalue weighted by Crippen LogP contribution is -2.33. The maximum Gasteiger partial charge on any atom is 0.334 e. The van der Waals surface area contributed by atoms with Crippen LogP contribution in [-0.4, -0.2) is 26.2 Å². The smallest absolute Gasteiger partial charge is 0.334 e. The van der Waals surface area contributed by atoms with E-state index >= 15 is 0 Å². The van der Waals surface area contributed by atoms with Gasteiger partial charge in [-0.1, -0.05) is 34.4 Å². The Morgan fingerprint density at radius 1 is 0.750 bits per heavy atom. The van der Waals surface area contributed by atoms with Gasteiger partial charge >= 0.3 is 11.9 Å². The first-order valence-electron chi connectivity index (χ1n) is 10.7. The van der Waals surface area contributed by atoms with Crippen molar-refractivity contribution in [1.29, 1.82) is 0 Å². The molecule has 0 amide bonds. The molecule has 0 aromatic carbocycles. The van der Waals surface area contributed by atoms with E-state index in [0.29, 0.717) is 34.8 Å². The van der Waals surface area contributed by atoms with Crippen LogP contribution in [0.2, 0.25) is 0 Å². The van der Waals surface area contributed by atoms with E-state index in [1.54, 1.807) is 16.7 Å². The van der Waals surface area contributed by atoms with Crippen LogP contribution in [-0.2, 0) is 19.1 Å². The SMILES string of the molecule is COC(=O)C1=C(C(=O)OC)C2C3=C4CC5CC(=C6C7C=CC6C2C7C13)CC5C4. The summed E-state index contributed by atoms with van der Waals surface area (Å²) in [6.07, 6.45) is 9.70. The number of hydrogen-bond acceptors (Lipinski definition) is 4. The highest BCUT2D eigenvalue weighted by molar-refractivity contribution is 6.04. The van der Waals surface area contributed by atoms with Gasteiger partial charge in [0.2, 0.25) is 0 Å². The van der Waals surface area contributed by atoms with E-state index in [4.69, 9.17) is 9.47 Å². The Labute approximate surface area is 164 Å². The van der Waals surface area contributed by atoms with Crippen molar-refractivity contribution < 1.29 is 19.1 Å². The highest BCUT2D eigenvalue weighted by Gasteiger charge is 2.68. The van der Waals surface area contributed by atoms with Crippen molar-refractivity contribution in [3.8, 4) is 0 Å². The van der Waals surface area contributed by atoms with Crippen LogP contribution in [0.4, 0.5) is 0 Å². The summed E-state index contributed by atoms with van der Waals surface area (Å²) in [6.45, 7) is 0. The normalized spacial score (nSPS) is 45.4. The predicted molar refractivity (Wildman–Crippen MR) is 101 cm³/mol. The Morgan fingerprint density at radius 2 is 1.18 bits per heavy atom. The van der Waals surface area contributed by atoms with Crippen LogP contribution >= 0.6 is 0 Å². The number of carbonyl (C=O) groups excluding carboxylic acids is 2. The number of carbonyl (C=O) groups is 2. The molecule has 0 spiro atoms. The van der Waals surface area contributed by atoms with Crippen molar-refractivity contribution in [2.45, 2.75) is 25.7 Å². The van der Waals surface area contributed by atoms with Crippen LogP contribution in [0.25, 0.3) is 0 Å². The van der Waals surface area contributed by atoms with Gasteiger partial charge in [-0.15, -0.1) is 0 Å². The second-order valence-corrected chi connectivity index (χ2v) is 9.81. The van der Waals surface area contributed by atoms with E-state index in [-0.39, 0.29) is 23.8 Å². The zero-order chi connectivity index (χ0) is 18.9. The van der Waals surface area contributed by atoms with Crippen molar-refractivity contribution in [3.05, 3.63) is 45.6 Å². The van der Waals surface area contributed by atoms with Crippen molar-refractivity contribution >= 4 is 11.9 Å². The van der Waals surface area contributed by atoms with Crippen LogP contribution in [0.1, 0.15) is 25.7 Å². The Hall–Kier alpha value is -2.10. The van der Waals surface area contributed by atoms with Gasteiger partial charge in [0.1, 0.15) is 0 Å². The Morgan fingerprint density at radius 3 is 1.61 bits per heavy atom. The van der Waals surface area contributed by atoms with E-state index in [2.05, 4.69) is 12.2 Å². The lowest BCUT2D eigenvalue weighted by Gasteiger charge is -2.32. The molecule has 8 unspecified atom stereocenters. The summed E-state index contributed by atoms with van der Waals surface area (Å²) in [5.74, 6) is 2.72. The average molecular weight is 376 g/mol. The van der Waals surface area contributed by atoms with Gasteiger partial charge in [0, 0.05) is 23.7 Å². The molecule has 4 saturated carbocycles. The van der Waals surface area contributed by atoms with Crippen LogP contribution < -0.4 is 0 Å². The molecule has 4 nitrogen and oxygen atoms in total. The van der Waals surface area contributed by atoms with Gasteiger partial charge in [0.25, 0.3) is 0 Å². The summed E-state index contributed by atoms with van der Waals surface area (Å²) in [7, 11) is 2.86. The summed E-state index contributed by atoms with van der Waals surface area (Å²) < 4.78 is 10.4. The van der Waals surface area contributed by atoms with Crippen LogP contribution in [0, 0.1) is 47.3 Å². The van der Waals surface area contributed by atoms with Crippen molar-refractivity contribution in [2.75, 3.05) is 14.2 Å². The van der Waals surface area contributed by atoms with Crippen LogP contribution in [0.3, 0.4) is 0 Å². The van der Waals surface area contributed by atoms with E-state index < -0.39 is 0 Å². The second-order valence-electron chi connectivity index (χ2n) is 9.81. The molecule has 0 N–H and O–H groups in total. The predicted octanol–water partition coefficient (Wildman–Crippen LogP) is 3.36. The Kier molecular flexibility index (Phi) is 2.76. The maximum atomic E-state index is 12.9. The molecule has 0 aromatic rings. The highest BCUT2D eigenvalue weighted by Crippen LogP contribution is 2.74. The molecule has 4 heteroatoms. The maximum absolute atomic E-state index is 12.9. The summed E-state index contributed by atoms with van der Waals surface area (Å²) >= 11 is 0. The number of hydrogen-bond donors (Lipinski definition) is 0. The fourth-order valence-electron chi connectivity index (χ4n) is 8.64. The lowest BCUT2D eigenvalue weighted by molar-refractivity contribution is -0.140. The van der Waals surface area contributed by atoms with Gasteiger partial charge in [0.15, 0.2) is 0 Å². The molecule has 0 aliphatic heterocycles. The third-order valence-electron chi connectivity index (χ3n) is 9.20. The molecule has 28 heavy (non-hydrogen) atoms. The number of esters is 2. The molecule has 0 aromatic heterocycles. The molecule has 144 valence electrons. The summed E-state index contributed by atoms with van der Waals surface area (Å²) in [5, 5.41) is 0. The minimum Gasteiger partial charge on any atom is -0.466 e. The van der Waals surface area contributed by atoms with Crippen molar-refractivity contribution in [1.82, 2.24) is 0 Å². The summed E-state index contributed by atoms with van der Waals surface area (Å²) in [5.41, 5.74) is 7.59. The standard InChI is InChI=1S/C24H24O4/c1-27-23(25)21-19-16-12-7-9-5-11(6-10(9)8-12)15-13-3-4-14(15)18(17(13)19)20(16)22(21)24(26)28-2/h3-4,9-10,13-14,17-20H,5-8H2,1-2H3. The van der Waals surface area contributed by atoms with Gasteiger partial charge in [-0.2, -0.15) is 0 Å². The number of rotatable bonds is 2. The fourth-order valence-corrected chi connectivity index (χ4v) is 8.64. The largest absolute Gasteiger partial charge is 0.466 e. The first-order valence-corrected chi connectivity index (χ1v) is 10.7. The van der Waals surface area contributed by atoms with Gasteiger partial charge in [0.05, 0.1) is 25.4 Å². The average Bonchev–Trinajstić information content (AvgIpc) is 3.48. The Balaban J connectivity index is 1.53. The molecular weight excluding hydrogens is 352 g/mol. The summed E-state index contributed by atoms with van der Waals surface area (Å²) in [6, 6.07) is 0. The molecule has 12 bridgehead atoms. The van der Waals surface area contributed by atoms with E-state index in [1.165, 1.54) is 32.6 Å². The first kappa shape index (κ1) is 15.8. The Bertz CT molecular complexity index is 920. The van der Waals surface area contributed by atoms with Crippen molar-refractivity contribution in [3.63, 3.8) is 0 Å². The van der Waals surface area contributed by atoms with Crippen LogP contribution in [0.5, 0.6) is 0 Å². The summed E-state index contributed by atoms with van der Waals surface area (Å²) in [4.78, 5) is 25.8. The third kappa shape index (κ3) is 1.52. The minimum atomic E-state index is -0.331. The molecule has 0 radical (unpaired) electrons. The molecular formula is C24H24O4. The second kappa shape index (κ2) is 4.90. The van der Waals surface area contributed by atoms with Gasteiger partial charge in [-0.25, -0.2) is 9.59 Å². The van der Waals surface area contributed by atoms with E-state index in [0.717, 1.165) is 24.7 Å². The minimum absolute atomic E-state index is 0.0540. The molecule has 8 atom stereocenters. The van der Waals surface area contributed by atoms with Crippen LogP contribution in [0.15, 0.2) is 45.6 Å². The number of allylic oxidation sites excluding steroid dienone is 6. The van der Waals surface area contributed by atoms with Gasteiger partial charge < -0.3 is 9.47 Å². The van der Waals surface area contributed by atoms with Crippen molar-refractivity contribution in [2.24, 2.45) is 47.3 Å². The quantitative estimate of drug-likeness (QED) is 0.548. The van der Waals surface area contributed by atoms with Gasteiger partial charge in [-0.3, -0.25) is 0 Å². The highest BCUT2D eigenvalue weighted by atomic mass is 16.5. The lowest BCUT2D eigenvalue weighted by atomic mass is 9.71. The fraction of sp³-hybridized carbons (Fsp3) is 0.583. The topological polar surface area (TPSA) is 52.6 Å². The zero-order valence-corrected chi connectivity index (χ0v) is 16.2. The molecule has 10 aliphatic carbocycles. The van der Waals surface area contributed by atoms with E-state index in [9.17, 15) is 9.59 Å². The van der Waals surface area contributed by atoms with E-state index in [1.807, 2.05) is 0 Å². The third-order valence-corrected chi connectivity index (χ3v) is 9.20. The zero-order valence-electron chi connectivity index (χ0n) is 16.2.